The fourth-order valence-electron chi connectivity index (χ4n) is 1.65. The van der Waals surface area contributed by atoms with Gasteiger partial charge in [0.2, 0.25) is 0 Å². The maximum atomic E-state index is 11.9. The van der Waals surface area contributed by atoms with E-state index in [1.54, 1.807) is 11.6 Å². The first-order chi connectivity index (χ1) is 8.47. The fourth-order valence-corrected chi connectivity index (χ4v) is 1.65. The van der Waals surface area contributed by atoms with Crippen molar-refractivity contribution in [3.63, 3.8) is 0 Å². The van der Waals surface area contributed by atoms with Crippen LogP contribution in [0.4, 0.5) is 5.69 Å². The molecule has 0 fully saturated rings. The van der Waals surface area contributed by atoms with Crippen molar-refractivity contribution in [2.24, 2.45) is 0 Å². The standard InChI is InChI=1S/C12H22N4O2/c1-5-16-11(10(13)9(2)14-16)12(17)18-8-6-7-15(3)4/h5-8,13H2,1-4H3. The van der Waals surface area contributed by atoms with Crippen LogP contribution in [0.2, 0.25) is 0 Å². The van der Waals surface area contributed by atoms with Crippen molar-refractivity contribution >= 4 is 11.7 Å². The van der Waals surface area contributed by atoms with Gasteiger partial charge in [0, 0.05) is 13.1 Å². The molecule has 1 heterocycles. The minimum Gasteiger partial charge on any atom is -0.461 e. The van der Waals surface area contributed by atoms with Crippen molar-refractivity contribution in [3.8, 4) is 0 Å². The van der Waals surface area contributed by atoms with Crippen LogP contribution in [0.3, 0.4) is 0 Å². The van der Waals surface area contributed by atoms with Gasteiger partial charge in [0.25, 0.3) is 0 Å². The number of aryl methyl sites for hydroxylation is 2. The first kappa shape index (κ1) is 14.5. The SMILES string of the molecule is CCn1nc(C)c(N)c1C(=O)OCCCN(C)C. The Balaban J connectivity index is 2.61. The van der Waals surface area contributed by atoms with E-state index in [4.69, 9.17) is 10.5 Å². The molecule has 1 rings (SSSR count). The molecule has 1 aromatic heterocycles. The van der Waals surface area contributed by atoms with Crippen LogP contribution in [0.5, 0.6) is 0 Å². The van der Waals surface area contributed by atoms with Crippen LogP contribution < -0.4 is 5.73 Å². The van der Waals surface area contributed by atoms with Crippen molar-refractivity contribution in [2.75, 3.05) is 33.0 Å². The summed E-state index contributed by atoms with van der Waals surface area (Å²) in [7, 11) is 3.96. The Labute approximate surface area is 108 Å². The molecule has 0 saturated carbocycles. The lowest BCUT2D eigenvalue weighted by Gasteiger charge is -2.10. The molecule has 6 heteroatoms. The van der Waals surface area contributed by atoms with Crippen LogP contribution in [0.25, 0.3) is 0 Å². The van der Waals surface area contributed by atoms with E-state index in [-0.39, 0.29) is 0 Å². The Morgan fingerprint density at radius 1 is 1.50 bits per heavy atom. The van der Waals surface area contributed by atoms with Gasteiger partial charge < -0.3 is 15.4 Å². The quantitative estimate of drug-likeness (QED) is 0.603. The highest BCUT2D eigenvalue weighted by Crippen LogP contribution is 2.17. The third-order valence-electron chi connectivity index (χ3n) is 2.65. The van der Waals surface area contributed by atoms with E-state index in [0.29, 0.717) is 30.2 Å². The second-order valence-electron chi connectivity index (χ2n) is 4.46. The van der Waals surface area contributed by atoms with Crippen LogP contribution in [-0.4, -0.2) is 47.9 Å². The Hall–Kier alpha value is -1.56. The summed E-state index contributed by atoms with van der Waals surface area (Å²) in [6.45, 7) is 5.57. The Kier molecular flexibility index (Phi) is 5.15. The van der Waals surface area contributed by atoms with Gasteiger partial charge in [-0.1, -0.05) is 0 Å². The van der Waals surface area contributed by atoms with Gasteiger partial charge in [-0.25, -0.2) is 4.79 Å². The van der Waals surface area contributed by atoms with Crippen LogP contribution in [0, 0.1) is 6.92 Å². The maximum Gasteiger partial charge on any atom is 0.358 e. The summed E-state index contributed by atoms with van der Waals surface area (Å²) in [5.74, 6) is -0.395. The molecule has 0 amide bonds. The molecule has 2 N–H and O–H groups in total. The van der Waals surface area contributed by atoms with Gasteiger partial charge in [0.05, 0.1) is 18.0 Å². The van der Waals surface area contributed by atoms with Gasteiger partial charge in [-0.3, -0.25) is 4.68 Å². The average molecular weight is 254 g/mol. The highest BCUT2D eigenvalue weighted by molar-refractivity contribution is 5.93. The lowest BCUT2D eigenvalue weighted by molar-refractivity contribution is 0.0480. The number of carbonyl (C=O) groups excluding carboxylic acids is 1. The Bertz CT molecular complexity index is 412. The number of anilines is 1. The Morgan fingerprint density at radius 2 is 2.17 bits per heavy atom. The number of esters is 1. The summed E-state index contributed by atoms with van der Waals surface area (Å²) in [6.07, 6.45) is 0.803. The number of carbonyl (C=O) groups is 1. The van der Waals surface area contributed by atoms with Crippen molar-refractivity contribution in [3.05, 3.63) is 11.4 Å². The van der Waals surface area contributed by atoms with E-state index in [1.807, 2.05) is 25.9 Å². The number of ether oxygens (including phenoxy) is 1. The summed E-state index contributed by atoms with van der Waals surface area (Å²) in [5, 5.41) is 4.19. The van der Waals surface area contributed by atoms with Gasteiger partial charge in [0.1, 0.15) is 0 Å². The van der Waals surface area contributed by atoms with E-state index in [0.717, 1.165) is 13.0 Å². The van der Waals surface area contributed by atoms with Crippen LogP contribution >= 0.6 is 0 Å². The number of aromatic nitrogens is 2. The third kappa shape index (κ3) is 3.46. The summed E-state index contributed by atoms with van der Waals surface area (Å²) in [4.78, 5) is 14.0. The van der Waals surface area contributed by atoms with Gasteiger partial charge in [-0.15, -0.1) is 0 Å². The molecule has 0 radical (unpaired) electrons. The summed E-state index contributed by atoms with van der Waals surface area (Å²) in [6, 6.07) is 0. The lowest BCUT2D eigenvalue weighted by atomic mass is 10.3. The van der Waals surface area contributed by atoms with Gasteiger partial charge in [-0.05, 0) is 34.4 Å². The zero-order valence-corrected chi connectivity index (χ0v) is 11.6. The van der Waals surface area contributed by atoms with Gasteiger partial charge >= 0.3 is 5.97 Å². The van der Waals surface area contributed by atoms with Crippen LogP contribution in [0.1, 0.15) is 29.5 Å². The summed E-state index contributed by atoms with van der Waals surface area (Å²) >= 11 is 0. The summed E-state index contributed by atoms with van der Waals surface area (Å²) < 4.78 is 6.79. The molecule has 1 aromatic rings. The molecule has 0 spiro atoms. The molecule has 0 aliphatic carbocycles. The largest absolute Gasteiger partial charge is 0.461 e. The number of nitrogens with two attached hydrogens (primary N) is 1. The molecular formula is C12H22N4O2. The van der Waals surface area contributed by atoms with Crippen LogP contribution in [0.15, 0.2) is 0 Å². The monoisotopic (exact) mass is 254 g/mol. The third-order valence-corrected chi connectivity index (χ3v) is 2.65. The lowest BCUT2D eigenvalue weighted by Crippen LogP contribution is -2.18. The normalized spacial score (nSPS) is 10.9. The number of hydrogen-bond acceptors (Lipinski definition) is 5. The zero-order valence-electron chi connectivity index (χ0n) is 11.6. The minimum atomic E-state index is -0.395. The van der Waals surface area contributed by atoms with E-state index >= 15 is 0 Å². The fraction of sp³-hybridized carbons (Fsp3) is 0.667. The number of nitrogen functional groups attached to an aromatic ring is 1. The average Bonchev–Trinajstić information content (AvgIpc) is 2.60. The molecule has 0 saturated heterocycles. The highest BCUT2D eigenvalue weighted by Gasteiger charge is 2.20. The van der Waals surface area contributed by atoms with Crippen molar-refractivity contribution < 1.29 is 9.53 Å². The molecule has 0 atom stereocenters. The minimum absolute atomic E-state index is 0.361. The molecule has 0 bridgehead atoms. The molecule has 0 aromatic carbocycles. The predicted octanol–water partition coefficient (Wildman–Crippen LogP) is 0.902. The van der Waals surface area contributed by atoms with E-state index < -0.39 is 5.97 Å². The van der Waals surface area contributed by atoms with Crippen molar-refractivity contribution in [1.82, 2.24) is 14.7 Å². The van der Waals surface area contributed by atoms with E-state index in [2.05, 4.69) is 5.10 Å². The van der Waals surface area contributed by atoms with Gasteiger partial charge in [-0.2, -0.15) is 5.10 Å². The molecule has 6 nitrogen and oxygen atoms in total. The first-order valence-electron chi connectivity index (χ1n) is 6.12. The number of rotatable bonds is 6. The van der Waals surface area contributed by atoms with E-state index in [1.165, 1.54) is 0 Å². The van der Waals surface area contributed by atoms with Crippen molar-refractivity contribution in [1.29, 1.82) is 0 Å². The molecule has 0 unspecified atom stereocenters. The summed E-state index contributed by atoms with van der Waals surface area (Å²) in [5.41, 5.74) is 7.28. The maximum absolute atomic E-state index is 11.9. The number of hydrogen-bond donors (Lipinski definition) is 1. The number of nitrogens with zero attached hydrogens (tertiary/aromatic N) is 3. The van der Waals surface area contributed by atoms with Gasteiger partial charge in [0.15, 0.2) is 5.69 Å². The molecule has 18 heavy (non-hydrogen) atoms. The smallest absolute Gasteiger partial charge is 0.358 e. The molecule has 102 valence electrons. The van der Waals surface area contributed by atoms with Crippen LogP contribution in [-0.2, 0) is 11.3 Å². The predicted molar refractivity (Wildman–Crippen MR) is 70.5 cm³/mol. The molecular weight excluding hydrogens is 232 g/mol. The first-order valence-corrected chi connectivity index (χ1v) is 6.12. The second kappa shape index (κ2) is 6.39. The molecule has 0 aliphatic rings. The highest BCUT2D eigenvalue weighted by atomic mass is 16.5. The van der Waals surface area contributed by atoms with E-state index in [9.17, 15) is 4.79 Å². The molecule has 0 aliphatic heterocycles. The Morgan fingerprint density at radius 3 is 2.72 bits per heavy atom. The van der Waals surface area contributed by atoms with Crippen molar-refractivity contribution in [2.45, 2.75) is 26.8 Å². The zero-order chi connectivity index (χ0) is 13.7. The topological polar surface area (TPSA) is 73.4 Å². The second-order valence-corrected chi connectivity index (χ2v) is 4.46.